The summed E-state index contributed by atoms with van der Waals surface area (Å²) >= 11 is 0. The summed E-state index contributed by atoms with van der Waals surface area (Å²) in [6, 6.07) is 0. The molecule has 1 aromatic heterocycles. The second-order valence-electron chi connectivity index (χ2n) is 6.59. The van der Waals surface area contributed by atoms with E-state index in [0.29, 0.717) is 5.54 Å². The number of likely N-dealkylation sites (tertiary alicyclic amines) is 1. The van der Waals surface area contributed by atoms with Gasteiger partial charge < -0.3 is 9.88 Å². The molecule has 0 amide bonds. The summed E-state index contributed by atoms with van der Waals surface area (Å²) < 4.78 is 0. The third-order valence-corrected chi connectivity index (χ3v) is 5.16. The molecule has 5 nitrogen and oxygen atoms in total. The van der Waals surface area contributed by atoms with E-state index in [9.17, 15) is 0 Å². The van der Waals surface area contributed by atoms with Crippen molar-refractivity contribution in [3.8, 4) is 0 Å². The van der Waals surface area contributed by atoms with Crippen LogP contribution in [0.25, 0.3) is 0 Å². The Morgan fingerprint density at radius 3 is 2.70 bits per heavy atom. The smallest absolute Gasteiger partial charge is 0.0922 e. The highest BCUT2D eigenvalue weighted by atomic mass is 15.3. The van der Waals surface area contributed by atoms with Gasteiger partial charge in [0.25, 0.3) is 0 Å². The largest absolute Gasteiger partial charge is 0.347 e. The minimum Gasteiger partial charge on any atom is -0.347 e. The van der Waals surface area contributed by atoms with Crippen molar-refractivity contribution in [2.75, 3.05) is 46.8 Å². The minimum atomic E-state index is 0.378. The summed E-state index contributed by atoms with van der Waals surface area (Å²) in [6.45, 7) is 7.07. The molecule has 1 spiro atoms. The fourth-order valence-electron chi connectivity index (χ4n) is 3.71. The molecule has 2 fully saturated rings. The summed E-state index contributed by atoms with van der Waals surface area (Å²) in [6.07, 6.45) is 7.59. The van der Waals surface area contributed by atoms with E-state index in [1.54, 1.807) is 6.33 Å². The summed E-state index contributed by atoms with van der Waals surface area (Å²) in [5, 5.41) is 0. The number of imidazole rings is 1. The van der Waals surface area contributed by atoms with Crippen LogP contribution in [0.5, 0.6) is 0 Å². The van der Waals surface area contributed by atoms with Crippen LogP contribution in [-0.2, 0) is 6.54 Å². The number of H-pyrrole nitrogens is 1. The Morgan fingerprint density at radius 1 is 1.20 bits per heavy atom. The molecule has 2 aliphatic heterocycles. The van der Waals surface area contributed by atoms with Crippen LogP contribution in [0.15, 0.2) is 12.5 Å². The molecule has 0 aliphatic carbocycles. The lowest BCUT2D eigenvalue weighted by molar-refractivity contribution is 0.0335. The van der Waals surface area contributed by atoms with Crippen LogP contribution in [0, 0.1) is 0 Å². The van der Waals surface area contributed by atoms with Gasteiger partial charge in [-0.1, -0.05) is 0 Å². The Labute approximate surface area is 122 Å². The maximum atomic E-state index is 4.14. The molecule has 2 aliphatic rings. The monoisotopic (exact) mass is 277 g/mol. The van der Waals surface area contributed by atoms with Gasteiger partial charge in [-0.3, -0.25) is 9.80 Å². The second-order valence-corrected chi connectivity index (χ2v) is 6.59. The SMILES string of the molecule is CN1CCC2(CC1)CN(Cc1cnc[nH]1)CCCN2C. The Morgan fingerprint density at radius 2 is 2.00 bits per heavy atom. The first-order valence-electron chi connectivity index (χ1n) is 7.77. The number of aromatic nitrogens is 2. The first-order valence-corrected chi connectivity index (χ1v) is 7.77. The number of hydrogen-bond donors (Lipinski definition) is 1. The number of likely N-dealkylation sites (N-methyl/N-ethyl adjacent to an activating group) is 1. The van der Waals surface area contributed by atoms with Gasteiger partial charge in [-0.15, -0.1) is 0 Å². The van der Waals surface area contributed by atoms with Gasteiger partial charge in [0.15, 0.2) is 0 Å². The maximum Gasteiger partial charge on any atom is 0.0922 e. The summed E-state index contributed by atoms with van der Waals surface area (Å²) in [7, 11) is 4.57. The Bertz CT molecular complexity index is 408. The van der Waals surface area contributed by atoms with Gasteiger partial charge in [0.1, 0.15) is 0 Å². The molecule has 0 aromatic carbocycles. The number of aromatic amines is 1. The predicted molar refractivity (Wildman–Crippen MR) is 80.6 cm³/mol. The molecule has 3 heterocycles. The highest BCUT2D eigenvalue weighted by molar-refractivity contribution is 5.00. The number of nitrogens with one attached hydrogen (secondary N) is 1. The molecule has 0 atom stereocenters. The van der Waals surface area contributed by atoms with Crippen LogP contribution in [0.4, 0.5) is 0 Å². The number of piperidine rings is 1. The number of hydrogen-bond acceptors (Lipinski definition) is 4. The first-order chi connectivity index (χ1) is 9.68. The van der Waals surface area contributed by atoms with Crippen molar-refractivity contribution in [3.05, 3.63) is 18.2 Å². The van der Waals surface area contributed by atoms with Crippen molar-refractivity contribution < 1.29 is 0 Å². The highest BCUT2D eigenvalue weighted by Crippen LogP contribution is 2.31. The van der Waals surface area contributed by atoms with Crippen LogP contribution in [0.2, 0.25) is 0 Å². The topological polar surface area (TPSA) is 38.4 Å². The predicted octanol–water partition coefficient (Wildman–Crippen LogP) is 1.01. The average Bonchev–Trinajstić information content (AvgIpc) is 2.89. The third kappa shape index (κ3) is 2.90. The standard InChI is InChI=1S/C15H27N5/c1-18-8-4-15(5-9-18)12-20(7-3-6-19(15)2)11-14-10-16-13-17-14/h10,13H,3-9,11-12H2,1-2H3,(H,16,17). The van der Waals surface area contributed by atoms with E-state index in [0.717, 1.165) is 6.54 Å². The van der Waals surface area contributed by atoms with Crippen LogP contribution in [-0.4, -0.2) is 77.0 Å². The normalized spacial score (nSPS) is 25.9. The van der Waals surface area contributed by atoms with E-state index in [4.69, 9.17) is 0 Å². The van der Waals surface area contributed by atoms with Crippen LogP contribution >= 0.6 is 0 Å². The van der Waals surface area contributed by atoms with Crippen LogP contribution in [0.1, 0.15) is 25.0 Å². The molecule has 0 bridgehead atoms. The van der Waals surface area contributed by atoms with Crippen molar-refractivity contribution in [1.29, 1.82) is 0 Å². The van der Waals surface area contributed by atoms with Gasteiger partial charge in [0, 0.05) is 30.5 Å². The van der Waals surface area contributed by atoms with E-state index in [1.807, 2.05) is 6.20 Å². The van der Waals surface area contributed by atoms with Crippen LogP contribution < -0.4 is 0 Å². The lowest BCUT2D eigenvalue weighted by Gasteiger charge is -2.47. The van der Waals surface area contributed by atoms with Gasteiger partial charge in [-0.25, -0.2) is 4.98 Å². The lowest BCUT2D eigenvalue weighted by Crippen LogP contribution is -2.57. The molecule has 0 radical (unpaired) electrons. The minimum absolute atomic E-state index is 0.378. The van der Waals surface area contributed by atoms with Gasteiger partial charge in [-0.05, 0) is 59.5 Å². The fraction of sp³-hybridized carbons (Fsp3) is 0.800. The zero-order chi connectivity index (χ0) is 14.0. The third-order valence-electron chi connectivity index (χ3n) is 5.16. The van der Waals surface area contributed by atoms with E-state index in [1.165, 1.54) is 57.7 Å². The van der Waals surface area contributed by atoms with E-state index in [2.05, 4.69) is 38.8 Å². The van der Waals surface area contributed by atoms with E-state index in [-0.39, 0.29) is 0 Å². The molecular formula is C15H27N5. The maximum absolute atomic E-state index is 4.14. The van der Waals surface area contributed by atoms with E-state index >= 15 is 0 Å². The van der Waals surface area contributed by atoms with Crippen molar-refractivity contribution in [3.63, 3.8) is 0 Å². The zero-order valence-corrected chi connectivity index (χ0v) is 12.8. The summed E-state index contributed by atoms with van der Waals surface area (Å²) in [5.41, 5.74) is 1.61. The molecule has 0 saturated carbocycles. The van der Waals surface area contributed by atoms with Crippen LogP contribution in [0.3, 0.4) is 0 Å². The quantitative estimate of drug-likeness (QED) is 0.876. The number of rotatable bonds is 2. The molecule has 0 unspecified atom stereocenters. The number of nitrogens with zero attached hydrogens (tertiary/aromatic N) is 4. The van der Waals surface area contributed by atoms with Gasteiger partial charge in [0.2, 0.25) is 0 Å². The summed E-state index contributed by atoms with van der Waals surface area (Å²) in [4.78, 5) is 15.1. The fourth-order valence-corrected chi connectivity index (χ4v) is 3.71. The Hall–Kier alpha value is -0.910. The molecule has 5 heteroatoms. The second kappa shape index (κ2) is 5.84. The van der Waals surface area contributed by atoms with Crippen molar-refractivity contribution in [2.45, 2.75) is 31.3 Å². The van der Waals surface area contributed by atoms with Crippen molar-refractivity contribution in [1.82, 2.24) is 24.7 Å². The molecule has 1 N–H and O–H groups in total. The van der Waals surface area contributed by atoms with Crippen molar-refractivity contribution >= 4 is 0 Å². The molecule has 3 rings (SSSR count). The molecule has 2 saturated heterocycles. The first kappa shape index (κ1) is 14.0. The Kier molecular flexibility index (Phi) is 4.10. The molecule has 1 aromatic rings. The van der Waals surface area contributed by atoms with Crippen molar-refractivity contribution in [2.24, 2.45) is 0 Å². The highest BCUT2D eigenvalue weighted by Gasteiger charge is 2.40. The van der Waals surface area contributed by atoms with E-state index < -0.39 is 0 Å². The summed E-state index contributed by atoms with van der Waals surface area (Å²) in [5.74, 6) is 0. The van der Waals surface area contributed by atoms with Gasteiger partial charge in [-0.2, -0.15) is 0 Å². The van der Waals surface area contributed by atoms with Gasteiger partial charge in [0.05, 0.1) is 6.33 Å². The molecule has 112 valence electrons. The van der Waals surface area contributed by atoms with Gasteiger partial charge >= 0.3 is 0 Å². The zero-order valence-electron chi connectivity index (χ0n) is 12.8. The lowest BCUT2D eigenvalue weighted by atomic mass is 9.85. The molecule has 20 heavy (non-hydrogen) atoms. The Balaban J connectivity index is 1.71. The molecular weight excluding hydrogens is 250 g/mol. The average molecular weight is 277 g/mol.